The van der Waals surface area contributed by atoms with Crippen LogP contribution in [-0.4, -0.2) is 30.6 Å². The second kappa shape index (κ2) is 7.20. The van der Waals surface area contributed by atoms with Crippen LogP contribution in [0, 0.1) is 0 Å². The first-order chi connectivity index (χ1) is 11.9. The first-order valence-corrected chi connectivity index (χ1v) is 7.70. The molecule has 0 bridgehead atoms. The van der Waals surface area contributed by atoms with Crippen LogP contribution in [0.15, 0.2) is 42.6 Å². The molecular weight excluding hydrogens is 335 g/mol. The van der Waals surface area contributed by atoms with Gasteiger partial charge in [0.15, 0.2) is 0 Å². The third-order valence-electron chi connectivity index (χ3n) is 3.78. The van der Waals surface area contributed by atoms with E-state index in [1.54, 1.807) is 12.1 Å². The summed E-state index contributed by atoms with van der Waals surface area (Å²) in [4.78, 5) is 15.4. The molecule has 1 aromatic heterocycles. The van der Waals surface area contributed by atoms with Crippen LogP contribution >= 0.6 is 0 Å². The largest absolute Gasteiger partial charge is 0.433 e. The average molecular weight is 351 g/mol. The summed E-state index contributed by atoms with van der Waals surface area (Å²) in [6.07, 6.45) is -3.67. The Bertz CT molecular complexity index is 742. The van der Waals surface area contributed by atoms with Crippen LogP contribution in [-0.2, 0) is 10.9 Å². The second-order valence-corrected chi connectivity index (χ2v) is 5.57. The van der Waals surface area contributed by atoms with Crippen molar-refractivity contribution in [1.29, 1.82) is 0 Å². The van der Waals surface area contributed by atoms with E-state index < -0.39 is 17.8 Å². The van der Waals surface area contributed by atoms with E-state index in [2.05, 4.69) is 15.6 Å². The number of pyridine rings is 1. The third-order valence-corrected chi connectivity index (χ3v) is 3.78. The minimum absolute atomic E-state index is 0.0481. The van der Waals surface area contributed by atoms with E-state index in [0.29, 0.717) is 18.8 Å². The topological polar surface area (TPSA) is 63.2 Å². The van der Waals surface area contributed by atoms with Crippen molar-refractivity contribution in [1.82, 2.24) is 10.3 Å². The summed E-state index contributed by atoms with van der Waals surface area (Å²) in [6.45, 7) is 2.16. The van der Waals surface area contributed by atoms with Crippen LogP contribution < -0.4 is 10.6 Å². The molecule has 0 saturated carbocycles. The lowest BCUT2D eigenvalue weighted by molar-refractivity contribution is -0.141. The molecule has 0 aliphatic carbocycles. The van der Waals surface area contributed by atoms with E-state index >= 15 is 0 Å². The number of carbonyl (C=O) groups excluding carboxylic acids is 1. The van der Waals surface area contributed by atoms with Gasteiger partial charge in [0.2, 0.25) is 0 Å². The first-order valence-electron chi connectivity index (χ1n) is 7.70. The van der Waals surface area contributed by atoms with Crippen LogP contribution in [0.4, 0.5) is 18.9 Å². The van der Waals surface area contributed by atoms with Gasteiger partial charge in [0.1, 0.15) is 5.69 Å². The fraction of sp³-hybridized carbons (Fsp3) is 0.294. The molecule has 8 heteroatoms. The van der Waals surface area contributed by atoms with E-state index in [4.69, 9.17) is 4.74 Å². The van der Waals surface area contributed by atoms with Gasteiger partial charge in [0, 0.05) is 30.5 Å². The Labute approximate surface area is 142 Å². The number of carbonyl (C=O) groups is 1. The van der Waals surface area contributed by atoms with Crippen molar-refractivity contribution in [2.24, 2.45) is 0 Å². The molecule has 1 aliphatic rings. The first kappa shape index (κ1) is 17.4. The summed E-state index contributed by atoms with van der Waals surface area (Å²) in [5.74, 6) is -0.628. The van der Waals surface area contributed by atoms with Crippen LogP contribution in [0.25, 0.3) is 0 Å². The van der Waals surface area contributed by atoms with Crippen LogP contribution in [0.3, 0.4) is 0 Å². The number of halogens is 3. The number of hydrogen-bond acceptors (Lipinski definition) is 4. The molecule has 2 heterocycles. The highest BCUT2D eigenvalue weighted by Crippen LogP contribution is 2.28. The zero-order valence-electron chi connectivity index (χ0n) is 13.1. The van der Waals surface area contributed by atoms with Crippen molar-refractivity contribution in [2.45, 2.75) is 12.3 Å². The number of amides is 1. The number of nitrogens with zero attached hydrogens (tertiary/aromatic N) is 1. The second-order valence-electron chi connectivity index (χ2n) is 5.57. The van der Waals surface area contributed by atoms with Crippen molar-refractivity contribution in [2.75, 3.05) is 25.0 Å². The van der Waals surface area contributed by atoms with Crippen LogP contribution in [0.5, 0.6) is 0 Å². The Morgan fingerprint density at radius 3 is 2.64 bits per heavy atom. The molecule has 2 aromatic rings. The van der Waals surface area contributed by atoms with Gasteiger partial charge >= 0.3 is 6.18 Å². The third kappa shape index (κ3) is 4.34. The highest BCUT2D eigenvalue weighted by molar-refractivity contribution is 6.04. The monoisotopic (exact) mass is 351 g/mol. The van der Waals surface area contributed by atoms with Gasteiger partial charge in [-0.05, 0) is 29.8 Å². The lowest BCUT2D eigenvalue weighted by atomic mass is 10.1. The molecule has 25 heavy (non-hydrogen) atoms. The standard InChI is InChI=1S/C17H16F3N3O2/c18-17(19,20)15-9-12(5-6-22-15)16(24)23-13-3-1-11(2-4-13)14-10-21-7-8-25-14/h1-6,9,14,21H,7-8,10H2,(H,23,24)/t14-/m1/s1. The van der Waals surface area contributed by atoms with Crippen LogP contribution in [0.2, 0.25) is 0 Å². The van der Waals surface area contributed by atoms with Crippen LogP contribution in [0.1, 0.15) is 27.7 Å². The molecule has 1 aromatic carbocycles. The molecule has 132 valence electrons. The molecule has 0 spiro atoms. The molecule has 3 rings (SSSR count). The van der Waals surface area contributed by atoms with Crippen molar-refractivity contribution in [3.8, 4) is 0 Å². The molecular formula is C17H16F3N3O2. The minimum atomic E-state index is -4.59. The SMILES string of the molecule is O=C(Nc1ccc([C@H]2CNCCO2)cc1)c1ccnc(C(F)(F)F)c1. The molecule has 1 atom stereocenters. The Balaban J connectivity index is 1.68. The van der Waals surface area contributed by atoms with E-state index in [9.17, 15) is 18.0 Å². The molecule has 1 aliphatic heterocycles. The van der Waals surface area contributed by atoms with Crippen molar-refractivity contribution >= 4 is 11.6 Å². The van der Waals surface area contributed by atoms with Crippen molar-refractivity contribution < 1.29 is 22.7 Å². The highest BCUT2D eigenvalue weighted by atomic mass is 19.4. The smallest absolute Gasteiger partial charge is 0.371 e. The number of ether oxygens (including phenoxy) is 1. The zero-order valence-corrected chi connectivity index (χ0v) is 13.1. The van der Waals surface area contributed by atoms with Crippen molar-refractivity contribution in [3.05, 3.63) is 59.4 Å². The molecule has 1 amide bonds. The van der Waals surface area contributed by atoms with E-state index in [1.165, 1.54) is 6.07 Å². The highest BCUT2D eigenvalue weighted by Gasteiger charge is 2.32. The lowest BCUT2D eigenvalue weighted by Gasteiger charge is -2.24. The Kier molecular flexibility index (Phi) is 5.00. The number of morpholine rings is 1. The Morgan fingerprint density at radius 2 is 2.00 bits per heavy atom. The summed E-state index contributed by atoms with van der Waals surface area (Å²) in [6, 6.07) is 8.99. The average Bonchev–Trinajstić information content (AvgIpc) is 2.62. The normalized spacial score (nSPS) is 18.0. The molecule has 0 unspecified atom stereocenters. The molecule has 1 saturated heterocycles. The molecule has 5 nitrogen and oxygen atoms in total. The number of hydrogen-bond donors (Lipinski definition) is 2. The van der Waals surface area contributed by atoms with E-state index in [-0.39, 0.29) is 11.7 Å². The maximum atomic E-state index is 12.7. The number of rotatable bonds is 3. The van der Waals surface area contributed by atoms with Gasteiger partial charge in [-0.25, -0.2) is 0 Å². The van der Waals surface area contributed by atoms with E-state index in [1.807, 2.05) is 12.1 Å². The lowest BCUT2D eigenvalue weighted by Crippen LogP contribution is -2.33. The predicted molar refractivity (Wildman–Crippen MR) is 85.2 cm³/mol. The summed E-state index contributed by atoms with van der Waals surface area (Å²) in [7, 11) is 0. The van der Waals surface area contributed by atoms with Gasteiger partial charge in [-0.1, -0.05) is 12.1 Å². The number of alkyl halides is 3. The number of anilines is 1. The fourth-order valence-corrected chi connectivity index (χ4v) is 2.49. The summed E-state index contributed by atoms with van der Waals surface area (Å²) < 4.78 is 43.6. The maximum absolute atomic E-state index is 12.7. The molecule has 1 fully saturated rings. The Hall–Kier alpha value is -2.45. The van der Waals surface area contributed by atoms with Gasteiger partial charge in [-0.3, -0.25) is 9.78 Å². The van der Waals surface area contributed by atoms with Crippen molar-refractivity contribution in [3.63, 3.8) is 0 Å². The minimum Gasteiger partial charge on any atom is -0.371 e. The molecule has 0 radical (unpaired) electrons. The van der Waals surface area contributed by atoms with Gasteiger partial charge in [-0.15, -0.1) is 0 Å². The number of aromatic nitrogens is 1. The Morgan fingerprint density at radius 1 is 1.24 bits per heavy atom. The fourth-order valence-electron chi connectivity index (χ4n) is 2.49. The maximum Gasteiger partial charge on any atom is 0.433 e. The summed E-state index contributed by atoms with van der Waals surface area (Å²) in [5, 5.41) is 5.80. The quantitative estimate of drug-likeness (QED) is 0.892. The van der Waals surface area contributed by atoms with Gasteiger partial charge in [0.05, 0.1) is 12.7 Å². The summed E-state index contributed by atoms with van der Waals surface area (Å²) in [5.41, 5.74) is 0.250. The van der Waals surface area contributed by atoms with E-state index in [0.717, 1.165) is 24.4 Å². The number of benzene rings is 1. The summed E-state index contributed by atoms with van der Waals surface area (Å²) >= 11 is 0. The number of nitrogens with one attached hydrogen (secondary N) is 2. The van der Waals surface area contributed by atoms with Gasteiger partial charge in [0.25, 0.3) is 5.91 Å². The molecule has 2 N–H and O–H groups in total. The van der Waals surface area contributed by atoms with Gasteiger partial charge in [-0.2, -0.15) is 13.2 Å². The predicted octanol–water partition coefficient (Wildman–Crippen LogP) is 3.01. The zero-order chi connectivity index (χ0) is 17.9. The van der Waals surface area contributed by atoms with Gasteiger partial charge < -0.3 is 15.4 Å².